The second-order valence-electron chi connectivity index (χ2n) is 8.23. The average molecular weight is 413 g/mol. The van der Waals surface area contributed by atoms with Crippen LogP contribution in [0.1, 0.15) is 28.2 Å². The molecular formula is C25H16FNO4. The van der Waals surface area contributed by atoms with E-state index in [-0.39, 0.29) is 5.69 Å². The molecule has 2 amide bonds. The van der Waals surface area contributed by atoms with Gasteiger partial charge in [-0.2, -0.15) is 0 Å². The van der Waals surface area contributed by atoms with Gasteiger partial charge in [-0.15, -0.1) is 0 Å². The van der Waals surface area contributed by atoms with E-state index in [0.717, 1.165) is 16.0 Å². The minimum Gasteiger partial charge on any atom is -0.480 e. The number of hydrogen-bond donors (Lipinski definition) is 1. The summed E-state index contributed by atoms with van der Waals surface area (Å²) in [6.07, 6.45) is 0. The fourth-order valence-corrected chi connectivity index (χ4v) is 6.01. The first-order valence-electron chi connectivity index (χ1n) is 10.0. The first kappa shape index (κ1) is 18.0. The Morgan fingerprint density at radius 2 is 1.39 bits per heavy atom. The number of carbonyl (C=O) groups excluding carboxylic acids is 2. The van der Waals surface area contributed by atoms with Gasteiger partial charge in [0.2, 0.25) is 11.8 Å². The summed E-state index contributed by atoms with van der Waals surface area (Å²) in [5.41, 5.74) is 0.690. The van der Waals surface area contributed by atoms with Crippen molar-refractivity contribution in [2.75, 3.05) is 4.90 Å². The van der Waals surface area contributed by atoms with E-state index in [1.807, 2.05) is 24.3 Å². The molecule has 4 aliphatic rings. The van der Waals surface area contributed by atoms with Crippen LogP contribution in [0.25, 0.3) is 0 Å². The standard InChI is InChI=1S/C25H16FNO4/c26-17-11-5-6-12-18(17)27-22(28)20-19-13-7-1-3-9-15(13)25(24(30)31,21(20)23(27)29)16-10-4-2-8-14(16)19/h1-12,19-21H,(H,30,31)/t19?,20-,21?,25?/m1/s1. The van der Waals surface area contributed by atoms with Gasteiger partial charge in [0.1, 0.15) is 11.2 Å². The third-order valence-corrected chi connectivity index (χ3v) is 7.05. The Balaban J connectivity index is 1.69. The Hall–Kier alpha value is -3.80. The molecule has 0 saturated carbocycles. The number of aliphatic carboxylic acids is 1. The Kier molecular flexibility index (Phi) is 3.41. The number of imide groups is 1. The van der Waals surface area contributed by atoms with Crippen molar-refractivity contribution in [3.8, 4) is 0 Å². The van der Waals surface area contributed by atoms with Crippen LogP contribution in [-0.4, -0.2) is 22.9 Å². The lowest BCUT2D eigenvalue weighted by Crippen LogP contribution is -2.57. The number of carboxylic acid groups (broad SMARTS) is 1. The van der Waals surface area contributed by atoms with Crippen LogP contribution in [0.2, 0.25) is 0 Å². The van der Waals surface area contributed by atoms with Crippen LogP contribution >= 0.6 is 0 Å². The molecule has 152 valence electrons. The lowest BCUT2D eigenvalue weighted by molar-refractivity contribution is -0.149. The zero-order chi connectivity index (χ0) is 21.5. The van der Waals surface area contributed by atoms with Gasteiger partial charge in [-0.25, -0.2) is 9.29 Å². The second-order valence-corrected chi connectivity index (χ2v) is 8.23. The predicted molar refractivity (Wildman–Crippen MR) is 109 cm³/mol. The van der Waals surface area contributed by atoms with Crippen LogP contribution in [-0.2, 0) is 19.8 Å². The maximum absolute atomic E-state index is 14.6. The Bertz CT molecular complexity index is 1270. The van der Waals surface area contributed by atoms with Crippen LogP contribution in [0.5, 0.6) is 0 Å². The summed E-state index contributed by atoms with van der Waals surface area (Å²) in [5, 5.41) is 10.6. The number of para-hydroxylation sites is 1. The van der Waals surface area contributed by atoms with Crippen molar-refractivity contribution in [3.05, 3.63) is 101 Å². The van der Waals surface area contributed by atoms with Crippen LogP contribution in [0.15, 0.2) is 72.8 Å². The number of carboxylic acids is 1. The third-order valence-electron chi connectivity index (χ3n) is 7.05. The van der Waals surface area contributed by atoms with Crippen LogP contribution < -0.4 is 4.90 Å². The first-order chi connectivity index (χ1) is 15.0. The molecule has 0 spiro atoms. The van der Waals surface area contributed by atoms with Crippen molar-refractivity contribution in [3.63, 3.8) is 0 Å². The lowest BCUT2D eigenvalue weighted by atomic mass is 9.47. The Morgan fingerprint density at radius 1 is 0.839 bits per heavy atom. The topological polar surface area (TPSA) is 74.7 Å². The largest absolute Gasteiger partial charge is 0.480 e. The molecule has 1 fully saturated rings. The number of hydrogen-bond acceptors (Lipinski definition) is 3. The summed E-state index contributed by atoms with van der Waals surface area (Å²) in [7, 11) is 0. The van der Waals surface area contributed by atoms with Crippen molar-refractivity contribution >= 4 is 23.5 Å². The maximum Gasteiger partial charge on any atom is 0.319 e. The minimum absolute atomic E-state index is 0.139. The highest BCUT2D eigenvalue weighted by molar-refractivity contribution is 6.25. The molecule has 1 N–H and O–H groups in total. The van der Waals surface area contributed by atoms with E-state index in [2.05, 4.69) is 0 Å². The van der Waals surface area contributed by atoms with E-state index in [4.69, 9.17) is 0 Å². The molecule has 2 atom stereocenters. The van der Waals surface area contributed by atoms with E-state index >= 15 is 0 Å². The van der Waals surface area contributed by atoms with Gasteiger partial charge >= 0.3 is 5.97 Å². The number of rotatable bonds is 2. The molecule has 3 aromatic carbocycles. The van der Waals surface area contributed by atoms with Crippen molar-refractivity contribution in [1.82, 2.24) is 0 Å². The van der Waals surface area contributed by atoms with E-state index in [1.165, 1.54) is 18.2 Å². The summed E-state index contributed by atoms with van der Waals surface area (Å²) in [4.78, 5) is 41.2. The van der Waals surface area contributed by atoms with Gasteiger partial charge in [0.25, 0.3) is 0 Å². The maximum atomic E-state index is 14.6. The Morgan fingerprint density at radius 3 is 1.97 bits per heavy atom. The fraction of sp³-hybridized carbons (Fsp3) is 0.160. The average Bonchev–Trinajstić information content (AvgIpc) is 3.05. The predicted octanol–water partition coefficient (Wildman–Crippen LogP) is 3.46. The number of amides is 2. The number of halogens is 1. The molecule has 0 aromatic heterocycles. The van der Waals surface area contributed by atoms with Crippen molar-refractivity contribution in [1.29, 1.82) is 0 Å². The first-order valence-corrected chi connectivity index (χ1v) is 10.0. The quantitative estimate of drug-likeness (QED) is 0.653. The van der Waals surface area contributed by atoms with Gasteiger partial charge in [0.15, 0.2) is 0 Å². The molecule has 7 rings (SSSR count). The molecule has 1 heterocycles. The molecular weight excluding hydrogens is 397 g/mol. The van der Waals surface area contributed by atoms with Crippen molar-refractivity contribution in [2.45, 2.75) is 11.3 Å². The van der Waals surface area contributed by atoms with Crippen LogP contribution in [0, 0.1) is 17.7 Å². The zero-order valence-electron chi connectivity index (χ0n) is 16.2. The fourth-order valence-electron chi connectivity index (χ4n) is 6.01. The smallest absolute Gasteiger partial charge is 0.319 e. The highest BCUT2D eigenvalue weighted by Gasteiger charge is 2.71. The van der Waals surface area contributed by atoms with Crippen molar-refractivity contribution < 1.29 is 23.9 Å². The third kappa shape index (κ3) is 1.93. The van der Waals surface area contributed by atoms with Gasteiger partial charge in [-0.3, -0.25) is 14.4 Å². The number of anilines is 1. The van der Waals surface area contributed by atoms with E-state index in [9.17, 15) is 23.9 Å². The van der Waals surface area contributed by atoms with Crippen LogP contribution in [0.4, 0.5) is 10.1 Å². The molecule has 31 heavy (non-hydrogen) atoms. The summed E-state index contributed by atoms with van der Waals surface area (Å²) in [6.45, 7) is 0. The summed E-state index contributed by atoms with van der Waals surface area (Å²) < 4.78 is 14.6. The molecule has 5 nitrogen and oxygen atoms in total. The number of carbonyl (C=O) groups is 3. The van der Waals surface area contributed by atoms with Gasteiger partial charge in [-0.1, -0.05) is 60.7 Å². The molecule has 0 radical (unpaired) electrons. The van der Waals surface area contributed by atoms with Crippen molar-refractivity contribution in [2.24, 2.45) is 11.8 Å². The molecule has 1 aliphatic heterocycles. The van der Waals surface area contributed by atoms with Gasteiger partial charge in [0.05, 0.1) is 17.5 Å². The molecule has 1 unspecified atom stereocenters. The molecule has 1 saturated heterocycles. The highest BCUT2D eigenvalue weighted by Crippen LogP contribution is 2.64. The number of benzene rings is 3. The monoisotopic (exact) mass is 413 g/mol. The van der Waals surface area contributed by atoms with E-state index in [1.54, 1.807) is 30.3 Å². The normalized spacial score (nSPS) is 27.6. The lowest BCUT2D eigenvalue weighted by Gasteiger charge is -2.51. The summed E-state index contributed by atoms with van der Waals surface area (Å²) in [5.74, 6) is -5.63. The van der Waals surface area contributed by atoms with Gasteiger partial charge in [-0.05, 0) is 34.4 Å². The van der Waals surface area contributed by atoms with E-state index < -0.39 is 46.8 Å². The minimum atomic E-state index is -1.71. The Labute approximate surface area is 176 Å². The summed E-state index contributed by atoms with van der Waals surface area (Å²) >= 11 is 0. The van der Waals surface area contributed by atoms with Gasteiger partial charge in [0, 0.05) is 5.92 Å². The molecule has 6 heteroatoms. The number of nitrogens with zero attached hydrogens (tertiary/aromatic N) is 1. The van der Waals surface area contributed by atoms with Crippen LogP contribution in [0.3, 0.4) is 0 Å². The molecule has 3 aromatic rings. The summed E-state index contributed by atoms with van der Waals surface area (Å²) in [6, 6.07) is 19.8. The highest BCUT2D eigenvalue weighted by atomic mass is 19.1. The zero-order valence-corrected chi connectivity index (χ0v) is 16.2. The SMILES string of the molecule is O=C1C2[C@H](C(=O)N1c1ccccc1F)C1c3ccccc3C2(C(=O)O)c2ccccc21. The van der Waals surface area contributed by atoms with Gasteiger partial charge < -0.3 is 5.11 Å². The second kappa shape index (κ2) is 5.88. The molecule has 2 bridgehead atoms. The van der Waals surface area contributed by atoms with E-state index in [0.29, 0.717) is 11.1 Å². The molecule has 3 aliphatic carbocycles.